The molecule has 1 fully saturated rings. The predicted molar refractivity (Wildman–Crippen MR) is 74.3 cm³/mol. The molecule has 0 bridgehead atoms. The second-order valence-electron chi connectivity index (χ2n) is 5.29. The molecule has 1 amide bonds. The number of tetrazole rings is 1. The monoisotopic (exact) mass is 337 g/mol. The minimum Gasteiger partial charge on any atom is -0.346 e. The molecule has 10 heteroatoms. The highest BCUT2D eigenvalue weighted by atomic mass is 32.2. The zero-order valence-electron chi connectivity index (χ0n) is 12.1. The first kappa shape index (κ1) is 17.0. The normalized spacial score (nSPS) is 18.2. The second-order valence-corrected chi connectivity index (χ2v) is 6.60. The van der Waals surface area contributed by atoms with Crippen molar-refractivity contribution in [2.75, 3.05) is 6.54 Å². The number of amides is 1. The first-order chi connectivity index (χ1) is 10.4. The minimum absolute atomic E-state index is 0.205. The molecule has 1 saturated carbocycles. The van der Waals surface area contributed by atoms with E-state index in [-0.39, 0.29) is 6.04 Å². The molecule has 1 heterocycles. The summed E-state index contributed by atoms with van der Waals surface area (Å²) in [6, 6.07) is 0.205. The molecule has 124 valence electrons. The third-order valence-electron chi connectivity index (χ3n) is 3.50. The fourth-order valence-corrected chi connectivity index (χ4v) is 3.24. The van der Waals surface area contributed by atoms with Crippen LogP contribution in [0.25, 0.3) is 0 Å². The predicted octanol–water partition coefficient (Wildman–Crippen LogP) is 2.34. The Hall–Kier alpha value is -1.32. The van der Waals surface area contributed by atoms with Gasteiger partial charge in [0, 0.05) is 0 Å². The number of hydrogen-bond acceptors (Lipinski definition) is 5. The van der Waals surface area contributed by atoms with Crippen molar-refractivity contribution < 1.29 is 18.0 Å². The quantitative estimate of drug-likeness (QED) is 0.835. The number of rotatable bonds is 5. The summed E-state index contributed by atoms with van der Waals surface area (Å²) in [6.07, 6.45) is 0.952. The van der Waals surface area contributed by atoms with E-state index >= 15 is 0 Å². The molecule has 0 aromatic carbocycles. The number of thioether (sulfide) groups is 1. The maximum Gasteiger partial charge on any atom is 0.405 e. The van der Waals surface area contributed by atoms with Crippen LogP contribution in [-0.2, 0) is 4.79 Å². The van der Waals surface area contributed by atoms with Gasteiger partial charge >= 0.3 is 6.18 Å². The van der Waals surface area contributed by atoms with Gasteiger partial charge < -0.3 is 5.32 Å². The SMILES string of the molecule is CC(Sc1nnnn1C1CCCCC1)C(=O)NCC(F)(F)F. The largest absolute Gasteiger partial charge is 0.405 e. The molecule has 0 aliphatic heterocycles. The van der Waals surface area contributed by atoms with Gasteiger partial charge in [-0.15, -0.1) is 5.10 Å². The molecule has 1 aliphatic carbocycles. The Labute approximate surface area is 130 Å². The van der Waals surface area contributed by atoms with E-state index in [1.54, 1.807) is 4.68 Å². The molecular formula is C12H18F3N5OS. The van der Waals surface area contributed by atoms with Crippen LogP contribution in [0.4, 0.5) is 13.2 Å². The van der Waals surface area contributed by atoms with Crippen molar-refractivity contribution in [3.8, 4) is 0 Å². The first-order valence-corrected chi connectivity index (χ1v) is 8.04. The Morgan fingerprint density at radius 1 is 1.41 bits per heavy atom. The highest BCUT2D eigenvalue weighted by Crippen LogP contribution is 2.31. The summed E-state index contributed by atoms with van der Waals surface area (Å²) in [5, 5.41) is 13.1. The lowest BCUT2D eigenvalue weighted by Gasteiger charge is -2.22. The number of halogens is 3. The molecule has 6 nitrogen and oxygen atoms in total. The maximum atomic E-state index is 12.1. The lowest BCUT2D eigenvalue weighted by atomic mass is 9.96. The molecule has 2 rings (SSSR count). The molecule has 0 spiro atoms. The van der Waals surface area contributed by atoms with Crippen molar-refractivity contribution >= 4 is 17.7 Å². The van der Waals surface area contributed by atoms with Gasteiger partial charge in [-0.1, -0.05) is 31.0 Å². The highest BCUT2D eigenvalue weighted by molar-refractivity contribution is 8.00. The fourth-order valence-electron chi connectivity index (χ4n) is 2.36. The van der Waals surface area contributed by atoms with Gasteiger partial charge in [0.1, 0.15) is 6.54 Å². The molecule has 0 radical (unpaired) electrons. The molecule has 1 aromatic rings. The number of nitrogens with zero attached hydrogens (tertiary/aromatic N) is 4. The van der Waals surface area contributed by atoms with Crippen LogP contribution in [0.1, 0.15) is 45.1 Å². The van der Waals surface area contributed by atoms with Crippen LogP contribution in [0.15, 0.2) is 5.16 Å². The Bertz CT molecular complexity index is 501. The van der Waals surface area contributed by atoms with Crippen molar-refractivity contribution in [2.24, 2.45) is 0 Å². The van der Waals surface area contributed by atoms with E-state index in [0.29, 0.717) is 5.16 Å². The number of carbonyl (C=O) groups excluding carboxylic acids is 1. The maximum absolute atomic E-state index is 12.1. The van der Waals surface area contributed by atoms with E-state index in [1.807, 2.05) is 5.32 Å². The lowest BCUT2D eigenvalue weighted by Crippen LogP contribution is -2.38. The van der Waals surface area contributed by atoms with Crippen LogP contribution in [0.2, 0.25) is 0 Å². The third-order valence-corrected chi connectivity index (χ3v) is 4.54. The average Bonchev–Trinajstić information content (AvgIpc) is 2.93. The van der Waals surface area contributed by atoms with Gasteiger partial charge in [0.05, 0.1) is 11.3 Å². The first-order valence-electron chi connectivity index (χ1n) is 7.16. The van der Waals surface area contributed by atoms with Crippen molar-refractivity contribution in [3.05, 3.63) is 0 Å². The number of carbonyl (C=O) groups is 1. The molecular weight excluding hydrogens is 319 g/mol. The van der Waals surface area contributed by atoms with Crippen molar-refractivity contribution in [1.29, 1.82) is 0 Å². The van der Waals surface area contributed by atoms with Crippen LogP contribution in [0.3, 0.4) is 0 Å². The summed E-state index contributed by atoms with van der Waals surface area (Å²) >= 11 is 1.08. The van der Waals surface area contributed by atoms with E-state index in [0.717, 1.165) is 37.4 Å². The number of alkyl halides is 3. The zero-order chi connectivity index (χ0) is 16.2. The summed E-state index contributed by atoms with van der Waals surface area (Å²) in [7, 11) is 0. The average molecular weight is 337 g/mol. The van der Waals surface area contributed by atoms with Gasteiger partial charge in [-0.25, -0.2) is 4.68 Å². The van der Waals surface area contributed by atoms with Crippen LogP contribution >= 0.6 is 11.8 Å². The number of hydrogen-bond donors (Lipinski definition) is 1. The smallest absolute Gasteiger partial charge is 0.346 e. The summed E-state index contributed by atoms with van der Waals surface area (Å²) < 4.78 is 38.0. The molecule has 1 aliphatic rings. The second kappa shape index (κ2) is 7.30. The Morgan fingerprint density at radius 2 is 2.09 bits per heavy atom. The van der Waals surface area contributed by atoms with E-state index in [2.05, 4.69) is 15.5 Å². The van der Waals surface area contributed by atoms with E-state index in [4.69, 9.17) is 0 Å². The molecule has 1 aromatic heterocycles. The summed E-state index contributed by atoms with van der Waals surface area (Å²) in [5.41, 5.74) is 0. The molecule has 1 unspecified atom stereocenters. The molecule has 1 N–H and O–H groups in total. The Morgan fingerprint density at radius 3 is 2.73 bits per heavy atom. The molecule has 0 saturated heterocycles. The molecule has 22 heavy (non-hydrogen) atoms. The third kappa shape index (κ3) is 4.85. The van der Waals surface area contributed by atoms with Crippen LogP contribution < -0.4 is 5.32 Å². The van der Waals surface area contributed by atoms with E-state index in [1.165, 1.54) is 13.3 Å². The van der Waals surface area contributed by atoms with Crippen LogP contribution in [-0.4, -0.2) is 44.1 Å². The van der Waals surface area contributed by atoms with Gasteiger partial charge in [0.25, 0.3) is 0 Å². The number of aromatic nitrogens is 4. The lowest BCUT2D eigenvalue weighted by molar-refractivity contribution is -0.137. The van der Waals surface area contributed by atoms with E-state index in [9.17, 15) is 18.0 Å². The number of nitrogens with one attached hydrogen (secondary N) is 1. The Kier molecular flexibility index (Phi) is 5.65. The van der Waals surface area contributed by atoms with Crippen LogP contribution in [0.5, 0.6) is 0 Å². The van der Waals surface area contributed by atoms with Crippen molar-refractivity contribution in [3.63, 3.8) is 0 Å². The van der Waals surface area contributed by atoms with Gasteiger partial charge in [-0.3, -0.25) is 4.79 Å². The van der Waals surface area contributed by atoms with Gasteiger partial charge in [-0.05, 0) is 30.2 Å². The van der Waals surface area contributed by atoms with Gasteiger partial charge in [0.15, 0.2) is 0 Å². The summed E-state index contributed by atoms with van der Waals surface area (Å²) in [6.45, 7) is 0.209. The summed E-state index contributed by atoms with van der Waals surface area (Å²) in [5.74, 6) is -0.680. The highest BCUT2D eigenvalue weighted by Gasteiger charge is 2.29. The zero-order valence-corrected chi connectivity index (χ0v) is 13.0. The van der Waals surface area contributed by atoms with Crippen molar-refractivity contribution in [1.82, 2.24) is 25.5 Å². The minimum atomic E-state index is -4.41. The molecule has 1 atom stereocenters. The standard InChI is InChI=1S/C12H18F3N5OS/c1-8(10(21)16-7-12(13,14)15)22-11-17-18-19-20(11)9-5-3-2-4-6-9/h8-9H,2-7H2,1H3,(H,16,21). The fraction of sp³-hybridized carbons (Fsp3) is 0.833. The summed E-state index contributed by atoms with van der Waals surface area (Å²) in [4.78, 5) is 11.7. The van der Waals surface area contributed by atoms with Gasteiger partial charge in [-0.2, -0.15) is 13.2 Å². The Balaban J connectivity index is 1.92. The van der Waals surface area contributed by atoms with E-state index < -0.39 is 23.9 Å². The van der Waals surface area contributed by atoms with Gasteiger partial charge in [0.2, 0.25) is 11.1 Å². The van der Waals surface area contributed by atoms with Crippen LogP contribution in [0, 0.1) is 0 Å². The topological polar surface area (TPSA) is 72.7 Å². The van der Waals surface area contributed by atoms with Crippen molar-refractivity contribution in [2.45, 2.75) is 61.7 Å².